The topological polar surface area (TPSA) is 47.0 Å². The van der Waals surface area contributed by atoms with Gasteiger partial charge in [0.25, 0.3) is 0 Å². The number of sulfone groups is 1. The number of aromatic nitrogens is 1. The highest BCUT2D eigenvalue weighted by Gasteiger charge is 2.17. The fourth-order valence-electron chi connectivity index (χ4n) is 3.02. The van der Waals surface area contributed by atoms with Gasteiger partial charge in [0.05, 0.1) is 20.5 Å². The lowest BCUT2D eigenvalue weighted by atomic mass is 10.0. The molecule has 0 amide bonds. The van der Waals surface area contributed by atoms with Crippen LogP contribution in [0.15, 0.2) is 64.9 Å². The van der Waals surface area contributed by atoms with Gasteiger partial charge in [-0.25, -0.2) is 17.8 Å². The Labute approximate surface area is 177 Å². The van der Waals surface area contributed by atoms with Gasteiger partial charge in [0.2, 0.25) is 0 Å². The third kappa shape index (κ3) is 4.17. The van der Waals surface area contributed by atoms with E-state index in [2.05, 4.69) is 18.4 Å². The molecule has 4 rings (SSSR count). The molecule has 7 heteroatoms. The zero-order valence-corrected chi connectivity index (χ0v) is 18.3. The van der Waals surface area contributed by atoms with Crippen LogP contribution in [-0.4, -0.2) is 19.7 Å². The van der Waals surface area contributed by atoms with Crippen LogP contribution >= 0.6 is 22.7 Å². The molecular formula is C22H18FNO2S3. The molecule has 29 heavy (non-hydrogen) atoms. The zero-order valence-electron chi connectivity index (χ0n) is 15.8. The molecule has 3 nitrogen and oxygen atoms in total. The van der Waals surface area contributed by atoms with Crippen LogP contribution in [0.25, 0.3) is 32.1 Å². The standard InChI is InChI=1S/C22H18FNO2S3/c1-3-21-24-19(13-27-21)20-12-18(14-6-10-17(11-7-14)29(2,25)26)22(28-20)15-4-8-16(23)9-5-15/h4-13H,3H2,1-2H3. The van der Waals surface area contributed by atoms with E-state index >= 15 is 0 Å². The molecule has 2 heterocycles. The van der Waals surface area contributed by atoms with Crippen molar-refractivity contribution >= 4 is 32.5 Å². The van der Waals surface area contributed by atoms with E-state index < -0.39 is 9.84 Å². The molecule has 0 aliphatic rings. The van der Waals surface area contributed by atoms with Gasteiger partial charge in [-0.1, -0.05) is 31.2 Å². The Kier molecular flexibility index (Phi) is 5.38. The number of aryl methyl sites for hydroxylation is 1. The van der Waals surface area contributed by atoms with Crippen LogP contribution in [0.5, 0.6) is 0 Å². The van der Waals surface area contributed by atoms with E-state index in [4.69, 9.17) is 4.98 Å². The third-order valence-electron chi connectivity index (χ3n) is 4.54. The van der Waals surface area contributed by atoms with E-state index in [1.165, 1.54) is 18.4 Å². The number of halogens is 1. The van der Waals surface area contributed by atoms with Gasteiger partial charge in [0, 0.05) is 22.1 Å². The highest BCUT2D eigenvalue weighted by Crippen LogP contribution is 2.43. The first-order valence-electron chi connectivity index (χ1n) is 9.00. The molecule has 0 spiro atoms. The van der Waals surface area contributed by atoms with Gasteiger partial charge in [-0.15, -0.1) is 22.7 Å². The van der Waals surface area contributed by atoms with Gasteiger partial charge >= 0.3 is 0 Å². The lowest BCUT2D eigenvalue weighted by molar-refractivity contribution is 0.602. The summed E-state index contributed by atoms with van der Waals surface area (Å²) in [4.78, 5) is 7.00. The van der Waals surface area contributed by atoms with Crippen molar-refractivity contribution in [1.29, 1.82) is 0 Å². The zero-order chi connectivity index (χ0) is 20.6. The molecule has 0 aliphatic heterocycles. The van der Waals surface area contributed by atoms with Crippen LogP contribution in [0.1, 0.15) is 11.9 Å². The molecule has 148 valence electrons. The van der Waals surface area contributed by atoms with E-state index in [1.807, 2.05) is 12.1 Å². The molecular weight excluding hydrogens is 425 g/mol. The van der Waals surface area contributed by atoms with Crippen molar-refractivity contribution in [3.05, 3.63) is 70.8 Å². The van der Waals surface area contributed by atoms with Crippen molar-refractivity contribution in [1.82, 2.24) is 4.98 Å². The van der Waals surface area contributed by atoms with E-state index in [0.717, 1.165) is 43.6 Å². The summed E-state index contributed by atoms with van der Waals surface area (Å²) in [5.74, 6) is -0.281. The van der Waals surface area contributed by atoms with E-state index in [9.17, 15) is 12.8 Å². The summed E-state index contributed by atoms with van der Waals surface area (Å²) in [5, 5.41) is 3.13. The number of benzene rings is 2. The molecule has 0 fully saturated rings. The Morgan fingerprint density at radius 3 is 2.24 bits per heavy atom. The summed E-state index contributed by atoms with van der Waals surface area (Å²) in [6.07, 6.45) is 2.09. The molecule has 0 radical (unpaired) electrons. The fraction of sp³-hybridized carbons (Fsp3) is 0.136. The van der Waals surface area contributed by atoms with Gasteiger partial charge < -0.3 is 0 Å². The number of hydrogen-bond acceptors (Lipinski definition) is 5. The van der Waals surface area contributed by atoms with Crippen LogP contribution < -0.4 is 0 Å². The first kappa shape index (κ1) is 19.9. The third-order valence-corrected chi connectivity index (χ3v) is 7.87. The second-order valence-electron chi connectivity index (χ2n) is 6.64. The summed E-state index contributed by atoms with van der Waals surface area (Å²) in [6.45, 7) is 2.08. The van der Waals surface area contributed by atoms with Crippen LogP contribution in [0.4, 0.5) is 4.39 Å². The van der Waals surface area contributed by atoms with Gasteiger partial charge in [0.1, 0.15) is 5.82 Å². The minimum absolute atomic E-state index is 0.281. The first-order valence-corrected chi connectivity index (χ1v) is 12.6. The number of thiophene rings is 1. The predicted molar refractivity (Wildman–Crippen MR) is 119 cm³/mol. The average Bonchev–Trinajstić information content (AvgIpc) is 3.35. The van der Waals surface area contributed by atoms with Crippen molar-refractivity contribution in [2.45, 2.75) is 18.2 Å². The Morgan fingerprint density at radius 1 is 1.00 bits per heavy atom. The minimum atomic E-state index is -3.25. The smallest absolute Gasteiger partial charge is 0.175 e. The summed E-state index contributed by atoms with van der Waals surface area (Å²) in [6, 6.07) is 15.4. The first-order chi connectivity index (χ1) is 13.8. The predicted octanol–water partition coefficient (Wildman–Crippen LogP) is 6.31. The molecule has 0 unspecified atom stereocenters. The van der Waals surface area contributed by atoms with Crippen molar-refractivity contribution in [3.63, 3.8) is 0 Å². The number of rotatable bonds is 5. The Bertz CT molecular complexity index is 1250. The van der Waals surface area contributed by atoms with Gasteiger partial charge in [-0.05, 0) is 47.9 Å². The van der Waals surface area contributed by atoms with E-state index in [0.29, 0.717) is 0 Å². The van der Waals surface area contributed by atoms with Crippen molar-refractivity contribution in [3.8, 4) is 32.1 Å². The minimum Gasteiger partial charge on any atom is -0.240 e. The molecule has 2 aromatic carbocycles. The van der Waals surface area contributed by atoms with Crippen molar-refractivity contribution < 1.29 is 12.8 Å². The SMILES string of the molecule is CCc1nc(-c2cc(-c3ccc(S(C)(=O)=O)cc3)c(-c3ccc(F)cc3)s2)cs1. The van der Waals surface area contributed by atoms with Crippen molar-refractivity contribution in [2.24, 2.45) is 0 Å². The maximum Gasteiger partial charge on any atom is 0.175 e. The van der Waals surface area contributed by atoms with E-state index in [-0.39, 0.29) is 10.7 Å². The van der Waals surface area contributed by atoms with Gasteiger partial charge in [0.15, 0.2) is 9.84 Å². The largest absolute Gasteiger partial charge is 0.240 e. The van der Waals surface area contributed by atoms with Gasteiger partial charge in [-0.2, -0.15) is 0 Å². The van der Waals surface area contributed by atoms with Gasteiger partial charge in [-0.3, -0.25) is 0 Å². The number of thiazole rings is 1. The molecule has 0 N–H and O–H groups in total. The Morgan fingerprint density at radius 2 is 1.66 bits per heavy atom. The number of hydrogen-bond donors (Lipinski definition) is 0. The fourth-order valence-corrected chi connectivity index (χ4v) is 5.61. The lowest BCUT2D eigenvalue weighted by Crippen LogP contribution is -1.96. The van der Waals surface area contributed by atoms with Crippen LogP contribution in [0.3, 0.4) is 0 Å². The van der Waals surface area contributed by atoms with Crippen LogP contribution in [0.2, 0.25) is 0 Å². The second-order valence-corrected chi connectivity index (χ2v) is 10.6. The molecule has 0 saturated carbocycles. The highest BCUT2D eigenvalue weighted by molar-refractivity contribution is 7.90. The Hall–Kier alpha value is -2.35. The Balaban J connectivity index is 1.85. The normalized spacial score (nSPS) is 11.7. The molecule has 2 aromatic heterocycles. The second kappa shape index (κ2) is 7.82. The molecule has 0 saturated heterocycles. The van der Waals surface area contributed by atoms with Crippen LogP contribution in [0, 0.1) is 5.82 Å². The summed E-state index contributed by atoms with van der Waals surface area (Å²) < 4.78 is 37.0. The summed E-state index contributed by atoms with van der Waals surface area (Å²) in [5.41, 5.74) is 3.72. The molecule has 0 atom stereocenters. The lowest BCUT2D eigenvalue weighted by Gasteiger charge is -2.06. The summed E-state index contributed by atoms with van der Waals surface area (Å²) in [7, 11) is -3.25. The summed E-state index contributed by atoms with van der Waals surface area (Å²) >= 11 is 3.24. The molecule has 0 bridgehead atoms. The van der Waals surface area contributed by atoms with Crippen LogP contribution in [-0.2, 0) is 16.3 Å². The average molecular weight is 444 g/mol. The maximum atomic E-state index is 13.4. The monoisotopic (exact) mass is 443 g/mol. The molecule has 0 aliphatic carbocycles. The maximum absolute atomic E-state index is 13.4. The highest BCUT2D eigenvalue weighted by atomic mass is 32.2. The quantitative estimate of drug-likeness (QED) is 0.363. The van der Waals surface area contributed by atoms with Crippen molar-refractivity contribution in [2.75, 3.05) is 6.26 Å². The molecule has 4 aromatic rings. The number of nitrogens with zero attached hydrogens (tertiary/aromatic N) is 1. The van der Waals surface area contributed by atoms with E-state index in [1.54, 1.807) is 46.9 Å².